The number of benzene rings is 1. The minimum Gasteiger partial charge on any atom is -0.475 e. The molecule has 0 saturated carbocycles. The van der Waals surface area contributed by atoms with E-state index >= 15 is 0 Å². The van der Waals surface area contributed by atoms with Crippen LogP contribution in [-0.2, 0) is 11.3 Å². The third kappa shape index (κ3) is 7.04. The zero-order valence-electron chi connectivity index (χ0n) is 17.9. The zero-order chi connectivity index (χ0) is 24.9. The first-order valence-electron chi connectivity index (χ1n) is 9.43. The van der Waals surface area contributed by atoms with Crippen LogP contribution in [0.15, 0.2) is 41.2 Å². The van der Waals surface area contributed by atoms with E-state index in [9.17, 15) is 22.8 Å². The van der Waals surface area contributed by atoms with Gasteiger partial charge in [0, 0.05) is 23.7 Å². The molecule has 1 amide bonds. The number of nitrogens with zero attached hydrogens (tertiary/aromatic N) is 2. The lowest BCUT2D eigenvalue weighted by molar-refractivity contribution is -0.192. The molecular weight excluding hydrogens is 443 g/mol. The monoisotopic (exact) mass is 465 g/mol. The molecule has 3 aromatic rings. The summed E-state index contributed by atoms with van der Waals surface area (Å²) >= 11 is 0. The molecule has 0 aliphatic carbocycles. The van der Waals surface area contributed by atoms with Gasteiger partial charge in [-0.2, -0.15) is 13.2 Å². The molecule has 0 aliphatic heterocycles. The van der Waals surface area contributed by atoms with Crippen molar-refractivity contribution in [2.75, 3.05) is 25.1 Å². The summed E-state index contributed by atoms with van der Waals surface area (Å²) in [5, 5.41) is 10.5. The molecule has 0 unspecified atom stereocenters. The fourth-order valence-corrected chi connectivity index (χ4v) is 2.83. The molecule has 33 heavy (non-hydrogen) atoms. The minimum atomic E-state index is -5.08. The first-order valence-corrected chi connectivity index (χ1v) is 9.43. The van der Waals surface area contributed by atoms with Gasteiger partial charge in [-0.05, 0) is 56.4 Å². The third-order valence-electron chi connectivity index (χ3n) is 4.30. The molecule has 12 heteroatoms. The van der Waals surface area contributed by atoms with Crippen LogP contribution in [0.2, 0.25) is 0 Å². The minimum absolute atomic E-state index is 0.256. The summed E-state index contributed by atoms with van der Waals surface area (Å²) in [7, 11) is 4.02. The van der Waals surface area contributed by atoms with E-state index in [2.05, 4.69) is 20.2 Å². The van der Waals surface area contributed by atoms with E-state index in [4.69, 9.17) is 15.6 Å². The molecule has 9 nitrogen and oxygen atoms in total. The van der Waals surface area contributed by atoms with Crippen LogP contribution in [0.3, 0.4) is 0 Å². The zero-order valence-corrected chi connectivity index (χ0v) is 17.9. The summed E-state index contributed by atoms with van der Waals surface area (Å²) in [6, 6.07) is 10.3. The number of fused-ring (bicyclic) bond motifs is 1. The van der Waals surface area contributed by atoms with Crippen molar-refractivity contribution in [3.63, 3.8) is 0 Å². The molecule has 0 saturated heterocycles. The number of halogens is 3. The second-order valence-electron chi connectivity index (χ2n) is 7.32. The molecule has 0 aliphatic rings. The van der Waals surface area contributed by atoms with Crippen LogP contribution in [0, 0.1) is 6.92 Å². The highest BCUT2D eigenvalue weighted by Gasteiger charge is 2.38. The number of aromatic nitrogens is 2. The van der Waals surface area contributed by atoms with Crippen LogP contribution in [0.25, 0.3) is 11.0 Å². The number of carbonyl (C=O) groups is 2. The number of carboxylic acid groups (broad SMARTS) is 1. The Morgan fingerprint density at radius 1 is 1.18 bits per heavy atom. The lowest BCUT2D eigenvalue weighted by Gasteiger charge is -2.14. The fraction of sp³-hybridized carbons (Fsp3) is 0.238. The van der Waals surface area contributed by atoms with Crippen molar-refractivity contribution in [3.8, 4) is 0 Å². The van der Waals surface area contributed by atoms with E-state index in [1.54, 1.807) is 12.1 Å². The Labute approximate surface area is 186 Å². The number of H-pyrrole nitrogens is 1. The van der Waals surface area contributed by atoms with E-state index < -0.39 is 17.7 Å². The van der Waals surface area contributed by atoms with Gasteiger partial charge in [-0.15, -0.1) is 0 Å². The number of carboxylic acids is 1. The van der Waals surface area contributed by atoms with Crippen molar-refractivity contribution in [2.45, 2.75) is 19.6 Å². The molecule has 0 bridgehead atoms. The largest absolute Gasteiger partial charge is 0.490 e. The summed E-state index contributed by atoms with van der Waals surface area (Å²) in [4.78, 5) is 42.2. The molecular formula is C21H22F3N5O4. The Bertz CT molecular complexity index is 1240. The smallest absolute Gasteiger partial charge is 0.475 e. The maximum absolute atomic E-state index is 12.7. The number of nitrogens with one attached hydrogen (secondary N) is 2. The average molecular weight is 465 g/mol. The number of alkyl halides is 3. The van der Waals surface area contributed by atoms with Crippen LogP contribution in [-0.4, -0.2) is 52.1 Å². The van der Waals surface area contributed by atoms with Crippen LogP contribution >= 0.6 is 0 Å². The number of nitrogens with two attached hydrogens (primary N) is 1. The summed E-state index contributed by atoms with van der Waals surface area (Å²) in [6.07, 6.45) is -5.08. The number of hydrogen-bond acceptors (Lipinski definition) is 6. The van der Waals surface area contributed by atoms with Gasteiger partial charge in [0.2, 0.25) is 5.56 Å². The van der Waals surface area contributed by atoms with Gasteiger partial charge in [-0.1, -0.05) is 6.07 Å². The van der Waals surface area contributed by atoms with Crippen molar-refractivity contribution in [1.82, 2.24) is 14.9 Å². The molecule has 0 radical (unpaired) electrons. The molecule has 1 aromatic carbocycles. The Kier molecular flexibility index (Phi) is 7.77. The Morgan fingerprint density at radius 2 is 1.82 bits per heavy atom. The van der Waals surface area contributed by atoms with E-state index in [-0.39, 0.29) is 17.3 Å². The molecule has 0 fully saturated rings. The second kappa shape index (κ2) is 10.1. The highest BCUT2D eigenvalue weighted by atomic mass is 19.4. The lowest BCUT2D eigenvalue weighted by atomic mass is 10.1. The van der Waals surface area contributed by atoms with Crippen LogP contribution < -0.4 is 16.6 Å². The van der Waals surface area contributed by atoms with E-state index in [0.29, 0.717) is 16.7 Å². The number of pyridine rings is 2. The third-order valence-corrected chi connectivity index (χ3v) is 4.30. The predicted molar refractivity (Wildman–Crippen MR) is 117 cm³/mol. The van der Waals surface area contributed by atoms with Crippen molar-refractivity contribution < 1.29 is 27.9 Å². The van der Waals surface area contributed by atoms with Crippen molar-refractivity contribution in [1.29, 1.82) is 0 Å². The fourth-order valence-electron chi connectivity index (χ4n) is 2.83. The number of amides is 1. The number of carbonyl (C=O) groups excluding carboxylic acids is 1. The van der Waals surface area contributed by atoms with Gasteiger partial charge in [-0.3, -0.25) is 9.59 Å². The average Bonchev–Trinajstić information content (AvgIpc) is 2.68. The number of rotatable bonds is 4. The Balaban J connectivity index is 0.000000479. The van der Waals surface area contributed by atoms with Crippen LogP contribution in [0.1, 0.15) is 21.5 Å². The predicted octanol–water partition coefficient (Wildman–Crippen LogP) is 2.76. The van der Waals surface area contributed by atoms with Gasteiger partial charge in [-0.25, -0.2) is 9.78 Å². The molecule has 176 valence electrons. The number of nitrogen functional groups attached to an aromatic ring is 1. The topological polar surface area (TPSA) is 141 Å². The highest BCUT2D eigenvalue weighted by Crippen LogP contribution is 2.20. The number of hydrogen-bond donors (Lipinski definition) is 4. The number of aliphatic carboxylic acids is 1. The summed E-state index contributed by atoms with van der Waals surface area (Å²) in [5.41, 5.74) is 8.74. The molecule has 3 rings (SSSR count). The molecule has 0 spiro atoms. The standard InChI is InChI=1S/C19H21N5O2.C2HF3O2/c1-11-8-13(5-4-12(11)10-24(2)3)21-19(26)15-9-17(25)23-18-14(15)6-7-16(20)22-18;3-2(4,5)1(6)7/h4-9H,10H2,1-3H3,(H,21,26)(H3,20,22,23,25);(H,6,7). The van der Waals surface area contributed by atoms with Crippen molar-refractivity contribution in [2.24, 2.45) is 0 Å². The van der Waals surface area contributed by atoms with Crippen molar-refractivity contribution >= 4 is 34.4 Å². The van der Waals surface area contributed by atoms with E-state index in [1.165, 1.54) is 11.6 Å². The lowest BCUT2D eigenvalue weighted by Crippen LogP contribution is -2.21. The van der Waals surface area contributed by atoms with Gasteiger partial charge in [0.1, 0.15) is 11.5 Å². The van der Waals surface area contributed by atoms with Crippen LogP contribution in [0.5, 0.6) is 0 Å². The van der Waals surface area contributed by atoms with Gasteiger partial charge in [0.15, 0.2) is 0 Å². The molecule has 2 heterocycles. The molecule has 2 aromatic heterocycles. The Morgan fingerprint density at radius 3 is 2.36 bits per heavy atom. The number of aryl methyl sites for hydroxylation is 1. The van der Waals surface area contributed by atoms with Crippen molar-refractivity contribution in [3.05, 3.63) is 63.4 Å². The van der Waals surface area contributed by atoms with Crippen LogP contribution in [0.4, 0.5) is 24.7 Å². The SMILES string of the molecule is Cc1cc(NC(=O)c2cc(=O)[nH]c3nc(N)ccc23)ccc1CN(C)C.O=C(O)C(F)(F)F. The van der Waals surface area contributed by atoms with Gasteiger partial charge in [0.05, 0.1) is 5.56 Å². The second-order valence-corrected chi connectivity index (χ2v) is 7.32. The highest BCUT2D eigenvalue weighted by molar-refractivity contribution is 6.11. The van der Waals surface area contributed by atoms with Gasteiger partial charge >= 0.3 is 12.1 Å². The van der Waals surface area contributed by atoms with E-state index in [0.717, 1.165) is 12.1 Å². The summed E-state index contributed by atoms with van der Waals surface area (Å²) < 4.78 is 31.7. The van der Waals surface area contributed by atoms with Gasteiger partial charge < -0.3 is 26.0 Å². The normalized spacial score (nSPS) is 11.1. The first kappa shape index (κ1) is 25.3. The summed E-state index contributed by atoms with van der Waals surface area (Å²) in [5.74, 6) is -2.85. The number of aromatic amines is 1. The quantitative estimate of drug-likeness (QED) is 0.464. The maximum atomic E-state index is 12.7. The maximum Gasteiger partial charge on any atom is 0.490 e. The summed E-state index contributed by atoms with van der Waals surface area (Å²) in [6.45, 7) is 2.83. The Hall–Kier alpha value is -3.93. The number of anilines is 2. The van der Waals surface area contributed by atoms with E-state index in [1.807, 2.05) is 39.2 Å². The van der Waals surface area contributed by atoms with Gasteiger partial charge in [0.25, 0.3) is 5.91 Å². The molecule has 5 N–H and O–H groups in total. The molecule has 0 atom stereocenters. The first-order chi connectivity index (χ1) is 15.3.